The van der Waals surface area contributed by atoms with Gasteiger partial charge in [-0.15, -0.1) is 0 Å². The first-order valence-corrected chi connectivity index (χ1v) is 9.65. The molecular weight excluding hydrogens is 300 g/mol. The molecule has 22 heavy (non-hydrogen) atoms. The fraction of sp³-hybridized carbons (Fsp3) is 0.800. The SMILES string of the molecule is CCC1(N2CCN(S(=O)(=O)c3cn(C)cn3)CC2)CCCC1. The fourth-order valence-corrected chi connectivity index (χ4v) is 5.37. The van der Waals surface area contributed by atoms with E-state index in [4.69, 9.17) is 0 Å². The van der Waals surface area contributed by atoms with Gasteiger partial charge in [-0.2, -0.15) is 4.31 Å². The summed E-state index contributed by atoms with van der Waals surface area (Å²) in [6.45, 7) is 5.07. The van der Waals surface area contributed by atoms with Crippen molar-refractivity contribution in [2.24, 2.45) is 7.05 Å². The maximum atomic E-state index is 12.6. The molecule has 1 aromatic heterocycles. The molecule has 0 atom stereocenters. The van der Waals surface area contributed by atoms with Gasteiger partial charge in [-0.3, -0.25) is 4.90 Å². The largest absolute Gasteiger partial charge is 0.339 e. The van der Waals surface area contributed by atoms with Crippen molar-refractivity contribution < 1.29 is 8.42 Å². The van der Waals surface area contributed by atoms with Gasteiger partial charge in [0.25, 0.3) is 10.0 Å². The summed E-state index contributed by atoms with van der Waals surface area (Å²) in [6, 6.07) is 0. The van der Waals surface area contributed by atoms with Gasteiger partial charge < -0.3 is 4.57 Å². The third-order valence-corrected chi connectivity index (χ3v) is 7.17. The van der Waals surface area contributed by atoms with E-state index >= 15 is 0 Å². The van der Waals surface area contributed by atoms with E-state index in [0.29, 0.717) is 18.6 Å². The fourth-order valence-electron chi connectivity index (χ4n) is 3.98. The average Bonchev–Trinajstić information content (AvgIpc) is 3.17. The number of sulfonamides is 1. The van der Waals surface area contributed by atoms with Crippen LogP contribution < -0.4 is 0 Å². The lowest BCUT2D eigenvalue weighted by atomic mass is 9.91. The molecule has 2 aliphatic rings. The Morgan fingerprint density at radius 2 is 1.82 bits per heavy atom. The lowest BCUT2D eigenvalue weighted by Gasteiger charge is -2.45. The monoisotopic (exact) mass is 326 g/mol. The Balaban J connectivity index is 1.69. The van der Waals surface area contributed by atoms with Crippen LogP contribution in [0, 0.1) is 0 Å². The van der Waals surface area contributed by atoms with Crippen molar-refractivity contribution in [2.45, 2.75) is 49.6 Å². The van der Waals surface area contributed by atoms with Crippen LogP contribution in [0.4, 0.5) is 0 Å². The Hall–Kier alpha value is -0.920. The predicted molar refractivity (Wildman–Crippen MR) is 85.0 cm³/mol. The van der Waals surface area contributed by atoms with Crippen LogP contribution in [0.25, 0.3) is 0 Å². The van der Waals surface area contributed by atoms with Crippen molar-refractivity contribution in [3.8, 4) is 0 Å². The molecule has 6 nitrogen and oxygen atoms in total. The van der Waals surface area contributed by atoms with Crippen LogP contribution in [0.5, 0.6) is 0 Å². The smallest absolute Gasteiger partial charge is 0.262 e. The maximum Gasteiger partial charge on any atom is 0.262 e. The van der Waals surface area contributed by atoms with E-state index in [1.165, 1.54) is 38.4 Å². The van der Waals surface area contributed by atoms with Crippen molar-refractivity contribution in [3.63, 3.8) is 0 Å². The Kier molecular flexibility index (Phi) is 4.31. The van der Waals surface area contributed by atoms with Crippen molar-refractivity contribution in [3.05, 3.63) is 12.5 Å². The number of nitrogens with zero attached hydrogens (tertiary/aromatic N) is 4. The average molecular weight is 326 g/mol. The van der Waals surface area contributed by atoms with E-state index in [0.717, 1.165) is 13.1 Å². The van der Waals surface area contributed by atoms with Gasteiger partial charge in [0.1, 0.15) is 0 Å². The molecule has 0 spiro atoms. The maximum absolute atomic E-state index is 12.6. The molecule has 0 aromatic carbocycles. The number of hydrogen-bond acceptors (Lipinski definition) is 4. The molecule has 1 saturated carbocycles. The summed E-state index contributed by atoms with van der Waals surface area (Å²) < 4.78 is 28.5. The summed E-state index contributed by atoms with van der Waals surface area (Å²) in [7, 11) is -1.65. The number of aryl methyl sites for hydroxylation is 1. The summed E-state index contributed by atoms with van der Waals surface area (Å²) in [5.74, 6) is 0. The van der Waals surface area contributed by atoms with E-state index in [2.05, 4.69) is 16.8 Å². The molecule has 7 heteroatoms. The third-order valence-electron chi connectivity index (χ3n) is 5.39. The van der Waals surface area contributed by atoms with Gasteiger partial charge in [0, 0.05) is 45.0 Å². The molecule has 3 rings (SSSR count). The second-order valence-electron chi connectivity index (χ2n) is 6.55. The summed E-state index contributed by atoms with van der Waals surface area (Å²) >= 11 is 0. The van der Waals surface area contributed by atoms with Gasteiger partial charge in [-0.25, -0.2) is 13.4 Å². The van der Waals surface area contributed by atoms with E-state index in [1.807, 2.05) is 0 Å². The van der Waals surface area contributed by atoms with Gasteiger partial charge in [-0.05, 0) is 19.3 Å². The summed E-state index contributed by atoms with van der Waals surface area (Å²) in [6.07, 6.45) is 9.41. The highest BCUT2D eigenvalue weighted by atomic mass is 32.2. The second-order valence-corrected chi connectivity index (χ2v) is 8.44. The molecule has 0 amide bonds. The molecule has 2 fully saturated rings. The zero-order valence-electron chi connectivity index (χ0n) is 13.5. The van der Waals surface area contributed by atoms with Crippen LogP contribution in [-0.2, 0) is 17.1 Å². The zero-order chi connectivity index (χ0) is 15.8. The molecule has 0 N–H and O–H groups in total. The van der Waals surface area contributed by atoms with E-state index in [9.17, 15) is 8.42 Å². The highest BCUT2D eigenvalue weighted by Crippen LogP contribution is 2.38. The number of aromatic nitrogens is 2. The van der Waals surface area contributed by atoms with Gasteiger partial charge in [0.2, 0.25) is 0 Å². The lowest BCUT2D eigenvalue weighted by Crippen LogP contribution is -2.56. The molecule has 1 aliphatic heterocycles. The van der Waals surface area contributed by atoms with Crippen LogP contribution in [-0.4, -0.2) is 58.9 Å². The van der Waals surface area contributed by atoms with Crippen LogP contribution in [0.15, 0.2) is 17.6 Å². The summed E-state index contributed by atoms with van der Waals surface area (Å²) in [5, 5.41) is 0.162. The standard InChI is InChI=1S/C15H26N4O2S/c1-3-15(6-4-5-7-15)18-8-10-19(11-9-18)22(20,21)14-12-17(2)13-16-14/h12-13H,3-11H2,1-2H3. The molecule has 0 unspecified atom stereocenters. The Morgan fingerprint density at radius 3 is 2.32 bits per heavy atom. The third kappa shape index (κ3) is 2.70. The Bertz CT molecular complexity index is 611. The first-order chi connectivity index (χ1) is 10.5. The van der Waals surface area contributed by atoms with Gasteiger partial charge in [-0.1, -0.05) is 19.8 Å². The second kappa shape index (κ2) is 5.94. The number of piperazine rings is 1. The molecule has 1 aliphatic carbocycles. The molecule has 0 bridgehead atoms. The highest BCUT2D eigenvalue weighted by molar-refractivity contribution is 7.89. The van der Waals surface area contributed by atoms with Crippen molar-refractivity contribution in [1.82, 2.24) is 18.8 Å². The van der Waals surface area contributed by atoms with Crippen LogP contribution >= 0.6 is 0 Å². The molecule has 2 heterocycles. The molecule has 1 aromatic rings. The van der Waals surface area contributed by atoms with Crippen LogP contribution in [0.3, 0.4) is 0 Å². The van der Waals surface area contributed by atoms with Gasteiger partial charge in [0.15, 0.2) is 5.03 Å². The van der Waals surface area contributed by atoms with Crippen molar-refractivity contribution >= 4 is 10.0 Å². The minimum absolute atomic E-state index is 0.162. The molecule has 0 radical (unpaired) electrons. The minimum atomic E-state index is -3.44. The minimum Gasteiger partial charge on any atom is -0.339 e. The zero-order valence-corrected chi connectivity index (χ0v) is 14.3. The first kappa shape index (κ1) is 16.0. The molecular formula is C15H26N4O2S. The van der Waals surface area contributed by atoms with E-state index in [-0.39, 0.29) is 5.03 Å². The summed E-state index contributed by atoms with van der Waals surface area (Å²) in [5.41, 5.74) is 0.320. The number of hydrogen-bond donors (Lipinski definition) is 0. The molecule has 124 valence electrons. The first-order valence-electron chi connectivity index (χ1n) is 8.21. The van der Waals surface area contributed by atoms with Gasteiger partial charge in [0.05, 0.1) is 6.33 Å². The van der Waals surface area contributed by atoms with E-state index < -0.39 is 10.0 Å². The molecule has 1 saturated heterocycles. The van der Waals surface area contributed by atoms with Crippen molar-refractivity contribution in [1.29, 1.82) is 0 Å². The quantitative estimate of drug-likeness (QED) is 0.840. The van der Waals surface area contributed by atoms with Crippen molar-refractivity contribution in [2.75, 3.05) is 26.2 Å². The highest BCUT2D eigenvalue weighted by Gasteiger charge is 2.40. The van der Waals surface area contributed by atoms with Crippen LogP contribution in [0.1, 0.15) is 39.0 Å². The lowest BCUT2D eigenvalue weighted by molar-refractivity contribution is 0.0541. The Morgan fingerprint density at radius 1 is 1.18 bits per heavy atom. The normalized spacial score (nSPS) is 23.9. The van der Waals surface area contributed by atoms with Gasteiger partial charge >= 0.3 is 0 Å². The number of rotatable bonds is 4. The topological polar surface area (TPSA) is 58.4 Å². The number of imidazole rings is 1. The Labute approximate surface area is 133 Å². The van der Waals surface area contributed by atoms with E-state index in [1.54, 1.807) is 22.1 Å². The summed E-state index contributed by atoms with van der Waals surface area (Å²) in [4.78, 5) is 6.54. The predicted octanol–water partition coefficient (Wildman–Crippen LogP) is 1.45. The van der Waals surface area contributed by atoms with Crippen LogP contribution in [0.2, 0.25) is 0 Å².